The molecule has 2 unspecified atom stereocenters. The summed E-state index contributed by atoms with van der Waals surface area (Å²) in [6.07, 6.45) is 0.644. The van der Waals surface area contributed by atoms with Gasteiger partial charge in [-0.3, -0.25) is 0 Å². The summed E-state index contributed by atoms with van der Waals surface area (Å²) < 4.78 is 40.5. The Morgan fingerprint density at radius 2 is 1.76 bits per heavy atom. The predicted octanol–water partition coefficient (Wildman–Crippen LogP) is 4.67. The van der Waals surface area contributed by atoms with E-state index in [1.165, 1.54) is 12.1 Å². The molecule has 0 radical (unpaired) electrons. The zero-order valence-corrected chi connectivity index (χ0v) is 12.3. The highest BCUT2D eigenvalue weighted by Crippen LogP contribution is 2.39. The number of halogens is 3. The van der Waals surface area contributed by atoms with E-state index in [2.05, 4.69) is 0 Å². The smallest absolute Gasteiger partial charge is 0.136 e. The van der Waals surface area contributed by atoms with E-state index >= 15 is 0 Å². The molecule has 2 aromatic rings. The number of rotatable bonds is 5. The lowest BCUT2D eigenvalue weighted by Gasteiger charge is -2.23. The van der Waals surface area contributed by atoms with Crippen molar-refractivity contribution in [2.75, 3.05) is 0 Å². The Hall–Kier alpha value is -1.46. The first-order valence-electron chi connectivity index (χ1n) is 6.64. The van der Waals surface area contributed by atoms with Crippen LogP contribution in [0.4, 0.5) is 13.2 Å². The first kappa shape index (κ1) is 15.9. The number of thioether (sulfide) groups is 1. The van der Waals surface area contributed by atoms with Crippen LogP contribution in [0.2, 0.25) is 0 Å². The molecule has 0 saturated heterocycles. The van der Waals surface area contributed by atoms with E-state index in [0.717, 1.165) is 30.0 Å². The van der Waals surface area contributed by atoms with Crippen LogP contribution in [-0.2, 0) is 0 Å². The Morgan fingerprint density at radius 3 is 2.43 bits per heavy atom. The third-order valence-electron chi connectivity index (χ3n) is 3.18. The fraction of sp³-hybridized carbons (Fsp3) is 0.250. The normalized spacial score (nSPS) is 14.0. The Morgan fingerprint density at radius 1 is 1.05 bits per heavy atom. The first-order chi connectivity index (χ1) is 10.0. The third kappa shape index (κ3) is 4.02. The quantitative estimate of drug-likeness (QED) is 0.812. The van der Waals surface area contributed by atoms with Crippen molar-refractivity contribution in [1.29, 1.82) is 0 Å². The van der Waals surface area contributed by atoms with Gasteiger partial charge in [-0.25, -0.2) is 13.2 Å². The minimum Gasteiger partial charge on any atom is -0.326 e. The highest BCUT2D eigenvalue weighted by atomic mass is 32.2. The number of hydrogen-bond donors (Lipinski definition) is 1. The second-order valence-electron chi connectivity index (χ2n) is 4.74. The fourth-order valence-corrected chi connectivity index (χ4v) is 3.29. The maximum atomic E-state index is 13.8. The maximum absolute atomic E-state index is 13.8. The van der Waals surface area contributed by atoms with Crippen LogP contribution in [0.1, 0.15) is 24.2 Å². The van der Waals surface area contributed by atoms with Gasteiger partial charge in [-0.15, -0.1) is 11.8 Å². The summed E-state index contributed by atoms with van der Waals surface area (Å²) in [6, 6.07) is 9.04. The second-order valence-corrected chi connectivity index (χ2v) is 5.92. The average Bonchev–Trinajstić information content (AvgIpc) is 2.47. The third-order valence-corrected chi connectivity index (χ3v) is 4.63. The molecule has 0 bridgehead atoms. The lowest BCUT2D eigenvalue weighted by Crippen LogP contribution is -2.25. The van der Waals surface area contributed by atoms with Crippen LogP contribution in [0, 0.1) is 17.5 Å². The van der Waals surface area contributed by atoms with Crippen molar-refractivity contribution in [3.8, 4) is 0 Å². The predicted molar refractivity (Wildman–Crippen MR) is 79.6 cm³/mol. The van der Waals surface area contributed by atoms with Crippen LogP contribution in [0.15, 0.2) is 47.4 Å². The number of benzene rings is 2. The molecule has 0 saturated carbocycles. The molecule has 0 aromatic heterocycles. The molecule has 2 N–H and O–H groups in total. The molecule has 5 heteroatoms. The van der Waals surface area contributed by atoms with Gasteiger partial charge >= 0.3 is 0 Å². The lowest BCUT2D eigenvalue weighted by molar-refractivity contribution is 0.574. The molecule has 2 atom stereocenters. The Labute approximate surface area is 126 Å². The zero-order chi connectivity index (χ0) is 15.4. The van der Waals surface area contributed by atoms with Gasteiger partial charge in [0.1, 0.15) is 17.5 Å². The molecule has 2 aromatic carbocycles. The molecule has 0 heterocycles. The molecule has 0 fully saturated rings. The zero-order valence-electron chi connectivity index (χ0n) is 11.5. The second kappa shape index (κ2) is 7.00. The fourth-order valence-electron chi connectivity index (χ4n) is 2.00. The van der Waals surface area contributed by atoms with Crippen molar-refractivity contribution in [2.24, 2.45) is 5.73 Å². The maximum Gasteiger partial charge on any atom is 0.136 e. The molecule has 0 aliphatic heterocycles. The molecule has 1 nitrogen and oxygen atoms in total. The molecule has 0 amide bonds. The van der Waals surface area contributed by atoms with E-state index < -0.39 is 11.6 Å². The minimum atomic E-state index is -0.512. The van der Waals surface area contributed by atoms with Crippen LogP contribution in [0.25, 0.3) is 0 Å². The SMILES string of the molecule is CCC(N)C(Sc1cc(F)ccc1F)c1cccc(F)c1. The highest BCUT2D eigenvalue weighted by molar-refractivity contribution is 7.99. The van der Waals surface area contributed by atoms with Crippen molar-refractivity contribution >= 4 is 11.8 Å². The van der Waals surface area contributed by atoms with E-state index in [4.69, 9.17) is 5.73 Å². The van der Waals surface area contributed by atoms with Crippen molar-refractivity contribution in [3.63, 3.8) is 0 Å². The highest BCUT2D eigenvalue weighted by Gasteiger charge is 2.22. The Bertz CT molecular complexity index is 618. The van der Waals surface area contributed by atoms with Gasteiger partial charge in [0.05, 0.1) is 0 Å². The van der Waals surface area contributed by atoms with Crippen molar-refractivity contribution in [2.45, 2.75) is 29.5 Å². The average molecular weight is 311 g/mol. The van der Waals surface area contributed by atoms with Gasteiger partial charge in [0, 0.05) is 16.2 Å². The van der Waals surface area contributed by atoms with Gasteiger partial charge in [0.2, 0.25) is 0 Å². The van der Waals surface area contributed by atoms with Crippen molar-refractivity contribution < 1.29 is 13.2 Å². The van der Waals surface area contributed by atoms with E-state index in [1.54, 1.807) is 12.1 Å². The molecule has 2 rings (SSSR count). The molecule has 0 spiro atoms. The molecule has 112 valence electrons. The summed E-state index contributed by atoms with van der Waals surface area (Å²) in [5, 5.41) is -0.345. The van der Waals surface area contributed by atoms with Crippen LogP contribution in [0.5, 0.6) is 0 Å². The number of hydrogen-bond acceptors (Lipinski definition) is 2. The summed E-state index contributed by atoms with van der Waals surface area (Å²) in [5.74, 6) is -1.39. The minimum absolute atomic E-state index is 0.174. The van der Waals surface area contributed by atoms with Crippen molar-refractivity contribution in [1.82, 2.24) is 0 Å². The summed E-state index contributed by atoms with van der Waals surface area (Å²) in [5.41, 5.74) is 6.74. The summed E-state index contributed by atoms with van der Waals surface area (Å²) in [4.78, 5) is 0.174. The van der Waals surface area contributed by atoms with Crippen LogP contribution in [-0.4, -0.2) is 6.04 Å². The monoisotopic (exact) mass is 311 g/mol. The molecule has 21 heavy (non-hydrogen) atoms. The van der Waals surface area contributed by atoms with Gasteiger partial charge in [-0.05, 0) is 42.3 Å². The summed E-state index contributed by atoms with van der Waals surface area (Å²) in [7, 11) is 0. The van der Waals surface area contributed by atoms with Crippen LogP contribution < -0.4 is 5.73 Å². The van der Waals surface area contributed by atoms with Crippen molar-refractivity contribution in [3.05, 3.63) is 65.5 Å². The Balaban J connectivity index is 2.35. The van der Waals surface area contributed by atoms with Gasteiger partial charge in [0.15, 0.2) is 0 Å². The van der Waals surface area contributed by atoms with Crippen LogP contribution in [0.3, 0.4) is 0 Å². The summed E-state index contributed by atoms with van der Waals surface area (Å²) >= 11 is 1.12. The van der Waals surface area contributed by atoms with Gasteiger partial charge in [-0.1, -0.05) is 19.1 Å². The lowest BCUT2D eigenvalue weighted by atomic mass is 10.0. The molecule has 0 aliphatic carbocycles. The largest absolute Gasteiger partial charge is 0.326 e. The topological polar surface area (TPSA) is 26.0 Å². The van der Waals surface area contributed by atoms with E-state index in [1.807, 2.05) is 6.92 Å². The first-order valence-corrected chi connectivity index (χ1v) is 7.52. The van der Waals surface area contributed by atoms with E-state index in [-0.39, 0.29) is 22.0 Å². The Kier molecular flexibility index (Phi) is 5.31. The molecule has 0 aliphatic rings. The van der Waals surface area contributed by atoms with Gasteiger partial charge in [0.25, 0.3) is 0 Å². The van der Waals surface area contributed by atoms with Gasteiger partial charge < -0.3 is 5.73 Å². The standard InChI is InChI=1S/C16H16F3NS/c1-2-14(20)16(10-4-3-5-11(17)8-10)21-15-9-12(18)6-7-13(15)19/h3-9,14,16H,2,20H2,1H3. The van der Waals surface area contributed by atoms with E-state index in [0.29, 0.717) is 12.0 Å². The molecular formula is C16H16F3NS. The van der Waals surface area contributed by atoms with E-state index in [9.17, 15) is 13.2 Å². The van der Waals surface area contributed by atoms with Gasteiger partial charge in [-0.2, -0.15) is 0 Å². The van der Waals surface area contributed by atoms with Crippen LogP contribution >= 0.6 is 11.8 Å². The summed E-state index contributed by atoms with van der Waals surface area (Å²) in [6.45, 7) is 1.90. The number of nitrogens with two attached hydrogens (primary N) is 1. The molecular weight excluding hydrogens is 295 g/mol.